The van der Waals surface area contributed by atoms with Crippen LogP contribution < -0.4 is 10.6 Å². The molecular weight excluding hydrogens is 270 g/mol. The van der Waals surface area contributed by atoms with Crippen LogP contribution in [0.2, 0.25) is 0 Å². The van der Waals surface area contributed by atoms with Crippen LogP contribution in [0.15, 0.2) is 35.4 Å². The molecule has 0 bridgehead atoms. The second kappa shape index (κ2) is 5.50. The van der Waals surface area contributed by atoms with E-state index in [-0.39, 0.29) is 6.04 Å². The number of nitrogens with one attached hydrogen (secondary N) is 2. The van der Waals surface area contributed by atoms with E-state index < -0.39 is 0 Å². The molecule has 5 nitrogen and oxygen atoms in total. The predicted molar refractivity (Wildman–Crippen MR) is 83.5 cm³/mol. The van der Waals surface area contributed by atoms with Crippen molar-refractivity contribution < 1.29 is 0 Å². The summed E-state index contributed by atoms with van der Waals surface area (Å²) in [6, 6.07) is 2.32. The molecule has 0 spiro atoms. The Kier molecular flexibility index (Phi) is 3.56. The van der Waals surface area contributed by atoms with Crippen molar-refractivity contribution in [3.8, 4) is 0 Å². The molecule has 0 saturated heterocycles. The second-order valence-electron chi connectivity index (χ2n) is 4.59. The summed E-state index contributed by atoms with van der Waals surface area (Å²) in [5, 5.41) is 10.9. The van der Waals surface area contributed by atoms with Crippen LogP contribution in [0.3, 0.4) is 0 Å². The van der Waals surface area contributed by atoms with Gasteiger partial charge in [-0.1, -0.05) is 0 Å². The first-order chi connectivity index (χ1) is 9.78. The monoisotopic (exact) mass is 287 g/mol. The Bertz CT molecular complexity index is 689. The minimum absolute atomic E-state index is 0.200. The van der Waals surface area contributed by atoms with Crippen LogP contribution >= 0.6 is 11.3 Å². The van der Waals surface area contributed by atoms with Crippen LogP contribution in [-0.4, -0.2) is 20.9 Å². The standard InChI is InChI=1S/C14H17N5S/c1-3-15-12-8-19-6-5-16-14(19)13(18-12)17-10(2)11-4-7-20-9-11/h4-10,15H,3H2,1-2H3,(H,17,18). The zero-order valence-electron chi connectivity index (χ0n) is 11.5. The summed E-state index contributed by atoms with van der Waals surface area (Å²) in [6.07, 6.45) is 5.66. The third-order valence-electron chi connectivity index (χ3n) is 3.13. The van der Waals surface area contributed by atoms with Crippen molar-refractivity contribution >= 4 is 28.6 Å². The van der Waals surface area contributed by atoms with Crippen molar-refractivity contribution in [2.75, 3.05) is 17.2 Å². The molecule has 0 fully saturated rings. The largest absolute Gasteiger partial charge is 0.369 e. The zero-order valence-corrected chi connectivity index (χ0v) is 12.3. The topological polar surface area (TPSA) is 54.2 Å². The van der Waals surface area contributed by atoms with E-state index in [4.69, 9.17) is 0 Å². The first-order valence-corrected chi connectivity index (χ1v) is 7.58. The lowest BCUT2D eigenvalue weighted by Crippen LogP contribution is -2.10. The Morgan fingerprint density at radius 2 is 2.35 bits per heavy atom. The number of thiophene rings is 1. The number of aromatic nitrogens is 3. The van der Waals surface area contributed by atoms with E-state index in [1.807, 2.05) is 16.8 Å². The van der Waals surface area contributed by atoms with Gasteiger partial charge in [0.2, 0.25) is 0 Å². The first-order valence-electron chi connectivity index (χ1n) is 6.64. The number of imidazole rings is 1. The zero-order chi connectivity index (χ0) is 13.9. The molecule has 0 aromatic carbocycles. The van der Waals surface area contributed by atoms with Crippen molar-refractivity contribution in [1.82, 2.24) is 14.4 Å². The Labute approximate surface area is 121 Å². The van der Waals surface area contributed by atoms with Gasteiger partial charge in [-0.15, -0.1) is 0 Å². The average molecular weight is 287 g/mol. The fourth-order valence-electron chi connectivity index (χ4n) is 2.10. The number of anilines is 2. The van der Waals surface area contributed by atoms with E-state index in [0.717, 1.165) is 23.8 Å². The van der Waals surface area contributed by atoms with Gasteiger partial charge in [0.25, 0.3) is 0 Å². The highest BCUT2D eigenvalue weighted by Gasteiger charge is 2.11. The number of hydrogen-bond acceptors (Lipinski definition) is 5. The maximum absolute atomic E-state index is 4.61. The summed E-state index contributed by atoms with van der Waals surface area (Å²) in [4.78, 5) is 8.98. The van der Waals surface area contributed by atoms with Gasteiger partial charge < -0.3 is 15.0 Å². The lowest BCUT2D eigenvalue weighted by Gasteiger charge is -2.15. The highest BCUT2D eigenvalue weighted by Crippen LogP contribution is 2.23. The normalized spacial score (nSPS) is 12.5. The fourth-order valence-corrected chi connectivity index (χ4v) is 2.86. The van der Waals surface area contributed by atoms with Gasteiger partial charge in [0.15, 0.2) is 11.5 Å². The Morgan fingerprint density at radius 3 is 3.10 bits per heavy atom. The smallest absolute Gasteiger partial charge is 0.180 e. The maximum Gasteiger partial charge on any atom is 0.180 e. The molecule has 3 aromatic rings. The molecule has 104 valence electrons. The van der Waals surface area contributed by atoms with E-state index in [1.165, 1.54) is 5.56 Å². The highest BCUT2D eigenvalue weighted by molar-refractivity contribution is 7.07. The van der Waals surface area contributed by atoms with Gasteiger partial charge in [-0.25, -0.2) is 9.97 Å². The van der Waals surface area contributed by atoms with E-state index in [1.54, 1.807) is 17.5 Å². The number of fused-ring (bicyclic) bond motifs is 1. The molecule has 0 aliphatic heterocycles. The summed E-state index contributed by atoms with van der Waals surface area (Å²) >= 11 is 1.70. The molecule has 3 rings (SSSR count). The molecule has 1 atom stereocenters. The number of rotatable bonds is 5. The highest BCUT2D eigenvalue weighted by atomic mass is 32.1. The van der Waals surface area contributed by atoms with Crippen molar-refractivity contribution in [2.24, 2.45) is 0 Å². The quantitative estimate of drug-likeness (QED) is 0.755. The van der Waals surface area contributed by atoms with Crippen LogP contribution in [0.5, 0.6) is 0 Å². The number of nitrogens with zero attached hydrogens (tertiary/aromatic N) is 3. The van der Waals surface area contributed by atoms with Crippen LogP contribution in [0.1, 0.15) is 25.5 Å². The van der Waals surface area contributed by atoms with Crippen LogP contribution in [0.4, 0.5) is 11.6 Å². The van der Waals surface area contributed by atoms with Gasteiger partial charge in [0.1, 0.15) is 5.82 Å². The summed E-state index contributed by atoms with van der Waals surface area (Å²) < 4.78 is 1.98. The molecule has 6 heteroatoms. The van der Waals surface area contributed by atoms with Crippen LogP contribution in [0, 0.1) is 0 Å². The van der Waals surface area contributed by atoms with Gasteiger partial charge in [-0.2, -0.15) is 11.3 Å². The van der Waals surface area contributed by atoms with Gasteiger partial charge in [0.05, 0.1) is 12.2 Å². The van der Waals surface area contributed by atoms with Crippen LogP contribution in [0.25, 0.3) is 5.65 Å². The van der Waals surface area contributed by atoms with Gasteiger partial charge >= 0.3 is 0 Å². The van der Waals surface area contributed by atoms with E-state index in [0.29, 0.717) is 0 Å². The minimum Gasteiger partial charge on any atom is -0.369 e. The first kappa shape index (κ1) is 12.9. The summed E-state index contributed by atoms with van der Waals surface area (Å²) in [5.41, 5.74) is 2.10. The van der Waals surface area contributed by atoms with Crippen molar-refractivity contribution in [2.45, 2.75) is 19.9 Å². The molecule has 0 amide bonds. The molecule has 0 saturated carbocycles. The van der Waals surface area contributed by atoms with E-state index >= 15 is 0 Å². The molecular formula is C14H17N5S. The predicted octanol–water partition coefficient (Wildman–Crippen LogP) is 3.40. The second-order valence-corrected chi connectivity index (χ2v) is 5.37. The summed E-state index contributed by atoms with van der Waals surface area (Å²) in [5.74, 6) is 1.64. The Hall–Kier alpha value is -2.08. The lowest BCUT2D eigenvalue weighted by atomic mass is 10.2. The van der Waals surface area contributed by atoms with E-state index in [2.05, 4.69) is 51.3 Å². The molecule has 0 radical (unpaired) electrons. The van der Waals surface area contributed by atoms with Crippen molar-refractivity contribution in [1.29, 1.82) is 0 Å². The van der Waals surface area contributed by atoms with Gasteiger partial charge in [0, 0.05) is 18.9 Å². The lowest BCUT2D eigenvalue weighted by molar-refractivity contribution is 0.877. The molecule has 20 heavy (non-hydrogen) atoms. The van der Waals surface area contributed by atoms with Gasteiger partial charge in [-0.3, -0.25) is 0 Å². The minimum atomic E-state index is 0.200. The van der Waals surface area contributed by atoms with Crippen molar-refractivity contribution in [3.05, 3.63) is 41.0 Å². The average Bonchev–Trinajstić information content (AvgIpc) is 3.10. The Morgan fingerprint density at radius 1 is 1.45 bits per heavy atom. The van der Waals surface area contributed by atoms with Gasteiger partial charge in [-0.05, 0) is 36.2 Å². The third kappa shape index (κ3) is 2.46. The Balaban J connectivity index is 1.94. The van der Waals surface area contributed by atoms with Crippen LogP contribution in [-0.2, 0) is 0 Å². The third-order valence-corrected chi connectivity index (χ3v) is 3.83. The molecule has 0 aliphatic carbocycles. The molecule has 0 aliphatic rings. The molecule has 1 unspecified atom stereocenters. The molecule has 3 aromatic heterocycles. The van der Waals surface area contributed by atoms with Crippen molar-refractivity contribution in [3.63, 3.8) is 0 Å². The SMILES string of the molecule is CCNc1cn2ccnc2c(NC(C)c2ccsc2)n1. The molecule has 3 heterocycles. The summed E-state index contributed by atoms with van der Waals surface area (Å²) in [6.45, 7) is 5.02. The maximum atomic E-state index is 4.61. The van der Waals surface area contributed by atoms with E-state index in [9.17, 15) is 0 Å². The summed E-state index contributed by atoms with van der Waals surface area (Å²) in [7, 11) is 0. The fraction of sp³-hybridized carbons (Fsp3) is 0.286. The molecule has 2 N–H and O–H groups in total. The number of hydrogen-bond donors (Lipinski definition) is 2.